The first-order valence-corrected chi connectivity index (χ1v) is 4.41. The van der Waals surface area contributed by atoms with Gasteiger partial charge in [0.05, 0.1) is 0 Å². The highest BCUT2D eigenvalue weighted by atomic mass is 19.4. The van der Waals surface area contributed by atoms with Gasteiger partial charge in [-0.2, -0.15) is 13.2 Å². The van der Waals surface area contributed by atoms with E-state index >= 15 is 0 Å². The molecule has 5 heteroatoms. The molecule has 1 atom stereocenters. The fourth-order valence-electron chi connectivity index (χ4n) is 1.20. The van der Waals surface area contributed by atoms with Crippen molar-refractivity contribution in [2.24, 2.45) is 0 Å². The largest absolute Gasteiger partial charge is 0.449 e. The molecule has 0 aromatic carbocycles. The molecule has 0 aliphatic rings. The molecule has 0 saturated carbocycles. The zero-order valence-electron chi connectivity index (χ0n) is 8.08. The molecule has 15 heavy (non-hydrogen) atoms. The molecule has 0 fully saturated rings. The third-order valence-electron chi connectivity index (χ3n) is 2.08. The second-order valence-corrected chi connectivity index (χ2v) is 3.31. The third-order valence-corrected chi connectivity index (χ3v) is 2.08. The van der Waals surface area contributed by atoms with Crippen molar-refractivity contribution in [2.45, 2.75) is 25.4 Å². The quantitative estimate of drug-likeness (QED) is 0.779. The van der Waals surface area contributed by atoms with Crippen molar-refractivity contribution < 1.29 is 18.0 Å². The lowest BCUT2D eigenvalue weighted by Crippen LogP contribution is -2.24. The molecule has 0 aliphatic heterocycles. The summed E-state index contributed by atoms with van der Waals surface area (Å²) in [6.07, 6.45) is -2.28. The van der Waals surface area contributed by atoms with Gasteiger partial charge in [-0.05, 0) is 23.6 Å². The number of hydrogen-bond acceptors (Lipinski definition) is 2. The molecular weight excluding hydrogens is 207 g/mol. The van der Waals surface area contributed by atoms with Crippen LogP contribution in [0.15, 0.2) is 24.5 Å². The third kappa shape index (κ3) is 3.34. The van der Waals surface area contributed by atoms with Gasteiger partial charge in [-0.25, -0.2) is 0 Å². The molecule has 0 bridgehead atoms. The monoisotopic (exact) mass is 217 g/mol. The second-order valence-electron chi connectivity index (χ2n) is 3.31. The Morgan fingerprint density at radius 3 is 2.40 bits per heavy atom. The molecule has 82 valence electrons. The van der Waals surface area contributed by atoms with Gasteiger partial charge in [0, 0.05) is 18.8 Å². The number of carbonyl (C=O) groups excluding carboxylic acids is 1. The van der Waals surface area contributed by atoms with Gasteiger partial charge in [-0.3, -0.25) is 9.78 Å². The predicted octanol–water partition coefficient (Wildman–Crippen LogP) is 2.71. The van der Waals surface area contributed by atoms with E-state index in [1.807, 2.05) is 0 Å². The highest BCUT2D eigenvalue weighted by Crippen LogP contribution is 2.25. The minimum absolute atomic E-state index is 0.442. The summed E-state index contributed by atoms with van der Waals surface area (Å²) in [6.45, 7) is 1.58. The van der Waals surface area contributed by atoms with Crippen LogP contribution in [0.3, 0.4) is 0 Å². The lowest BCUT2D eigenvalue weighted by atomic mass is 9.96. The van der Waals surface area contributed by atoms with E-state index in [2.05, 4.69) is 4.98 Å². The maximum Gasteiger partial charge on any atom is 0.449 e. The van der Waals surface area contributed by atoms with Crippen molar-refractivity contribution >= 4 is 5.78 Å². The van der Waals surface area contributed by atoms with E-state index in [-0.39, 0.29) is 0 Å². The number of nitrogens with zero attached hydrogens (tertiary/aromatic N) is 1. The number of rotatable bonds is 3. The average Bonchev–Trinajstić information content (AvgIpc) is 2.17. The second kappa shape index (κ2) is 4.42. The molecule has 1 aromatic rings. The van der Waals surface area contributed by atoms with E-state index in [1.54, 1.807) is 19.1 Å². The summed E-state index contributed by atoms with van der Waals surface area (Å²) in [5.74, 6) is -2.13. The van der Waals surface area contributed by atoms with E-state index in [0.717, 1.165) is 0 Å². The fourth-order valence-corrected chi connectivity index (χ4v) is 1.20. The summed E-state index contributed by atoms with van der Waals surface area (Å²) in [6, 6.07) is 3.21. The van der Waals surface area contributed by atoms with Crippen LogP contribution in [0.2, 0.25) is 0 Å². The summed E-state index contributed by atoms with van der Waals surface area (Å²) < 4.78 is 35.9. The van der Waals surface area contributed by atoms with E-state index in [1.165, 1.54) is 12.4 Å². The Hall–Kier alpha value is -1.39. The Morgan fingerprint density at radius 2 is 1.93 bits per heavy atom. The molecule has 1 unspecified atom stereocenters. The van der Waals surface area contributed by atoms with E-state index in [0.29, 0.717) is 5.56 Å². The van der Waals surface area contributed by atoms with Gasteiger partial charge in [0.2, 0.25) is 5.78 Å². The normalized spacial score (nSPS) is 13.6. The number of halogens is 3. The zero-order valence-corrected chi connectivity index (χ0v) is 8.08. The van der Waals surface area contributed by atoms with Crippen LogP contribution in [0.1, 0.15) is 24.8 Å². The first-order chi connectivity index (χ1) is 6.91. The van der Waals surface area contributed by atoms with Gasteiger partial charge >= 0.3 is 6.18 Å². The van der Waals surface area contributed by atoms with Gasteiger partial charge in [0.15, 0.2) is 0 Å². The van der Waals surface area contributed by atoms with Crippen LogP contribution in [-0.4, -0.2) is 16.9 Å². The van der Waals surface area contributed by atoms with E-state index in [9.17, 15) is 18.0 Å². The molecule has 0 spiro atoms. The van der Waals surface area contributed by atoms with Gasteiger partial charge in [0.25, 0.3) is 0 Å². The molecule has 0 amide bonds. The van der Waals surface area contributed by atoms with Gasteiger partial charge in [-0.1, -0.05) is 6.92 Å². The van der Waals surface area contributed by atoms with Crippen LogP contribution >= 0.6 is 0 Å². The molecule has 1 heterocycles. The van der Waals surface area contributed by atoms with E-state index in [4.69, 9.17) is 0 Å². The van der Waals surface area contributed by atoms with Gasteiger partial charge in [0.1, 0.15) is 0 Å². The minimum atomic E-state index is -4.73. The number of alkyl halides is 3. The lowest BCUT2D eigenvalue weighted by Gasteiger charge is -2.11. The van der Waals surface area contributed by atoms with Crippen LogP contribution < -0.4 is 0 Å². The summed E-state index contributed by atoms with van der Waals surface area (Å²) in [7, 11) is 0. The van der Waals surface area contributed by atoms with Crippen LogP contribution in [0.25, 0.3) is 0 Å². The molecule has 2 nitrogen and oxygen atoms in total. The maximum atomic E-state index is 12.0. The smallest absolute Gasteiger partial charge is 0.290 e. The number of ketones is 1. The molecule has 1 aromatic heterocycles. The minimum Gasteiger partial charge on any atom is -0.290 e. The van der Waals surface area contributed by atoms with Crippen LogP contribution in [-0.2, 0) is 4.79 Å². The molecule has 0 N–H and O–H groups in total. The molecule has 0 saturated heterocycles. The average molecular weight is 217 g/mol. The Bertz CT molecular complexity index is 334. The van der Waals surface area contributed by atoms with Gasteiger partial charge in [-0.15, -0.1) is 0 Å². The van der Waals surface area contributed by atoms with E-state index < -0.39 is 24.3 Å². The number of aromatic nitrogens is 1. The van der Waals surface area contributed by atoms with Crippen LogP contribution in [0, 0.1) is 0 Å². The predicted molar refractivity (Wildman–Crippen MR) is 48.3 cm³/mol. The lowest BCUT2D eigenvalue weighted by molar-refractivity contribution is -0.171. The molecule has 1 rings (SSSR count). The molecule has 0 aliphatic carbocycles. The Kier molecular flexibility index (Phi) is 3.44. The summed E-state index contributed by atoms with van der Waals surface area (Å²) in [5.41, 5.74) is 0.683. The number of carbonyl (C=O) groups is 1. The SMILES string of the molecule is CC(CC(=O)C(F)(F)F)c1ccncc1. The summed E-state index contributed by atoms with van der Waals surface area (Å²) >= 11 is 0. The fraction of sp³-hybridized carbons (Fsp3) is 0.400. The zero-order chi connectivity index (χ0) is 11.5. The first-order valence-electron chi connectivity index (χ1n) is 4.41. The van der Waals surface area contributed by atoms with Crippen molar-refractivity contribution in [3.63, 3.8) is 0 Å². The Labute approximate surface area is 85.1 Å². The Balaban J connectivity index is 2.65. The van der Waals surface area contributed by atoms with Crippen LogP contribution in [0.4, 0.5) is 13.2 Å². The van der Waals surface area contributed by atoms with Crippen LogP contribution in [0.5, 0.6) is 0 Å². The first kappa shape index (κ1) is 11.7. The van der Waals surface area contributed by atoms with Crippen molar-refractivity contribution in [3.8, 4) is 0 Å². The number of Topliss-reactive ketones (excluding diaryl/α,β-unsaturated/α-hetero) is 1. The standard InChI is InChI=1S/C10H10F3NO/c1-7(6-9(15)10(11,12)13)8-2-4-14-5-3-8/h2-5,7H,6H2,1H3. The molecule has 0 radical (unpaired) electrons. The number of pyridine rings is 1. The highest BCUT2D eigenvalue weighted by Gasteiger charge is 2.38. The maximum absolute atomic E-state index is 12.0. The number of hydrogen-bond donors (Lipinski definition) is 0. The Morgan fingerprint density at radius 1 is 1.40 bits per heavy atom. The van der Waals surface area contributed by atoms with Gasteiger partial charge < -0.3 is 0 Å². The molecular formula is C10H10F3NO. The van der Waals surface area contributed by atoms with Crippen molar-refractivity contribution in [1.82, 2.24) is 4.98 Å². The highest BCUT2D eigenvalue weighted by molar-refractivity contribution is 5.84. The van der Waals surface area contributed by atoms with Crippen molar-refractivity contribution in [2.75, 3.05) is 0 Å². The summed E-state index contributed by atoms with van der Waals surface area (Å²) in [5, 5.41) is 0. The summed E-state index contributed by atoms with van der Waals surface area (Å²) in [4.78, 5) is 14.5. The van der Waals surface area contributed by atoms with Crippen molar-refractivity contribution in [1.29, 1.82) is 0 Å². The van der Waals surface area contributed by atoms with Crippen molar-refractivity contribution in [3.05, 3.63) is 30.1 Å². The topological polar surface area (TPSA) is 30.0 Å².